The summed E-state index contributed by atoms with van der Waals surface area (Å²) in [6.45, 7) is 8.25. The molecule has 8 heteroatoms. The summed E-state index contributed by atoms with van der Waals surface area (Å²) in [7, 11) is 1.87. The summed E-state index contributed by atoms with van der Waals surface area (Å²) < 4.78 is 0. The van der Waals surface area contributed by atoms with Gasteiger partial charge in [0, 0.05) is 55.4 Å². The fourth-order valence-electron chi connectivity index (χ4n) is 5.52. The van der Waals surface area contributed by atoms with Crippen molar-refractivity contribution in [1.82, 2.24) is 30.4 Å². The Balaban J connectivity index is 1.35. The van der Waals surface area contributed by atoms with Crippen molar-refractivity contribution in [3.8, 4) is 0 Å². The topological polar surface area (TPSA) is 90.0 Å². The van der Waals surface area contributed by atoms with E-state index in [1.165, 1.54) is 22.1 Å². The van der Waals surface area contributed by atoms with Crippen LogP contribution in [0.1, 0.15) is 35.2 Å². The van der Waals surface area contributed by atoms with Crippen molar-refractivity contribution >= 4 is 22.6 Å². The summed E-state index contributed by atoms with van der Waals surface area (Å²) in [5, 5.41) is 11.7. The zero-order valence-electron chi connectivity index (χ0n) is 20.2. The Bertz CT molecular complexity index is 1210. The van der Waals surface area contributed by atoms with Crippen LogP contribution in [0.25, 0.3) is 10.9 Å². The fraction of sp³-hybridized carbons (Fsp3) is 0.462. The Hall–Kier alpha value is -3.26. The second kappa shape index (κ2) is 9.54. The Morgan fingerprint density at radius 1 is 1.21 bits per heavy atom. The molecule has 1 amide bonds. The maximum Gasteiger partial charge on any atom is 0.246 e. The molecule has 1 aliphatic heterocycles. The number of aryl methyl sites for hydroxylation is 1. The molecule has 2 atom stereocenters. The molecular formula is C26H33N7O. The van der Waals surface area contributed by atoms with Crippen LogP contribution in [0.5, 0.6) is 0 Å². The number of rotatable bonds is 5. The van der Waals surface area contributed by atoms with E-state index >= 15 is 0 Å². The first-order chi connectivity index (χ1) is 16.6. The molecular weight excluding hydrogens is 426 g/mol. The SMILES string of the molecule is CNC/C=C/C(=O)N1CCN(c2ncnc3c2C[C@H](C)C(c2c(C)ccc4[nH]ncc24)C3)CC1. The maximum atomic E-state index is 12.4. The zero-order chi connectivity index (χ0) is 23.7. The van der Waals surface area contributed by atoms with Crippen LogP contribution in [0.4, 0.5) is 5.82 Å². The number of amides is 1. The van der Waals surface area contributed by atoms with E-state index in [9.17, 15) is 4.79 Å². The molecule has 1 unspecified atom stereocenters. The number of aromatic nitrogens is 4. The van der Waals surface area contributed by atoms with Crippen LogP contribution in [0.2, 0.25) is 0 Å². The van der Waals surface area contributed by atoms with Gasteiger partial charge in [-0.2, -0.15) is 5.10 Å². The van der Waals surface area contributed by atoms with Crippen LogP contribution in [-0.2, 0) is 17.6 Å². The third-order valence-corrected chi connectivity index (χ3v) is 7.37. The highest BCUT2D eigenvalue weighted by Crippen LogP contribution is 2.42. The molecule has 178 valence electrons. The predicted octanol–water partition coefficient (Wildman–Crippen LogP) is 2.60. The Morgan fingerprint density at radius 3 is 2.82 bits per heavy atom. The largest absolute Gasteiger partial charge is 0.353 e. The van der Waals surface area contributed by atoms with Crippen LogP contribution in [0.3, 0.4) is 0 Å². The molecule has 1 aliphatic carbocycles. The minimum Gasteiger partial charge on any atom is -0.353 e. The number of hydrogen-bond donors (Lipinski definition) is 2. The maximum absolute atomic E-state index is 12.4. The zero-order valence-corrected chi connectivity index (χ0v) is 20.2. The number of anilines is 1. The van der Waals surface area contributed by atoms with Gasteiger partial charge in [0.25, 0.3) is 0 Å². The Labute approximate surface area is 200 Å². The number of aromatic amines is 1. The first kappa shape index (κ1) is 22.5. The van der Waals surface area contributed by atoms with E-state index in [0.717, 1.165) is 43.0 Å². The monoisotopic (exact) mass is 459 g/mol. The number of likely N-dealkylation sites (N-methyl/N-ethyl adjacent to an activating group) is 1. The summed E-state index contributed by atoms with van der Waals surface area (Å²) in [5.74, 6) is 2.00. The number of H-pyrrole nitrogens is 1. The molecule has 5 rings (SSSR count). The van der Waals surface area contributed by atoms with Crippen molar-refractivity contribution in [2.75, 3.05) is 44.7 Å². The summed E-state index contributed by atoms with van der Waals surface area (Å²) in [5.41, 5.74) is 6.23. The van der Waals surface area contributed by atoms with Gasteiger partial charge in [0.2, 0.25) is 5.91 Å². The highest BCUT2D eigenvalue weighted by molar-refractivity contribution is 5.87. The smallest absolute Gasteiger partial charge is 0.246 e. The van der Waals surface area contributed by atoms with Crippen molar-refractivity contribution in [2.24, 2.45) is 5.92 Å². The van der Waals surface area contributed by atoms with Gasteiger partial charge in [0.05, 0.1) is 11.7 Å². The van der Waals surface area contributed by atoms with Crippen molar-refractivity contribution in [1.29, 1.82) is 0 Å². The van der Waals surface area contributed by atoms with Gasteiger partial charge >= 0.3 is 0 Å². The van der Waals surface area contributed by atoms with Gasteiger partial charge in [-0.25, -0.2) is 9.97 Å². The average Bonchev–Trinajstić information content (AvgIpc) is 3.33. The van der Waals surface area contributed by atoms with Crippen LogP contribution >= 0.6 is 0 Å². The molecule has 1 saturated heterocycles. The molecule has 2 aromatic heterocycles. The summed E-state index contributed by atoms with van der Waals surface area (Å²) >= 11 is 0. The third-order valence-electron chi connectivity index (χ3n) is 7.37. The quantitative estimate of drug-likeness (QED) is 0.570. The van der Waals surface area contributed by atoms with E-state index in [4.69, 9.17) is 9.97 Å². The lowest BCUT2D eigenvalue weighted by Gasteiger charge is -2.38. The molecule has 3 aromatic rings. The molecule has 1 fully saturated rings. The normalized spacial score (nSPS) is 20.8. The van der Waals surface area contributed by atoms with Gasteiger partial charge in [-0.15, -0.1) is 0 Å². The minimum atomic E-state index is 0.0832. The number of carbonyl (C=O) groups is 1. The second-order valence-corrected chi connectivity index (χ2v) is 9.51. The first-order valence-corrected chi connectivity index (χ1v) is 12.2. The number of hydrogen-bond acceptors (Lipinski definition) is 6. The number of nitrogens with one attached hydrogen (secondary N) is 2. The van der Waals surface area contributed by atoms with Gasteiger partial charge in [-0.3, -0.25) is 9.89 Å². The second-order valence-electron chi connectivity index (χ2n) is 9.51. The van der Waals surface area contributed by atoms with E-state index in [0.29, 0.717) is 31.5 Å². The number of piperazine rings is 1. The van der Waals surface area contributed by atoms with E-state index in [2.05, 4.69) is 46.4 Å². The molecule has 1 aromatic carbocycles. The molecule has 2 N–H and O–H groups in total. The molecule has 0 spiro atoms. The number of benzene rings is 1. The van der Waals surface area contributed by atoms with Crippen LogP contribution in [0.15, 0.2) is 36.8 Å². The molecule has 0 bridgehead atoms. The van der Waals surface area contributed by atoms with Gasteiger partial charge < -0.3 is 15.1 Å². The molecule has 8 nitrogen and oxygen atoms in total. The van der Waals surface area contributed by atoms with Gasteiger partial charge in [0.1, 0.15) is 12.1 Å². The molecule has 3 heterocycles. The average molecular weight is 460 g/mol. The van der Waals surface area contributed by atoms with Crippen LogP contribution in [-0.4, -0.2) is 70.7 Å². The summed E-state index contributed by atoms with van der Waals surface area (Å²) in [6.07, 6.45) is 9.08. The Kier molecular flexibility index (Phi) is 6.32. The number of nitrogens with zero attached hydrogens (tertiary/aromatic N) is 5. The molecule has 34 heavy (non-hydrogen) atoms. The van der Waals surface area contributed by atoms with Crippen molar-refractivity contribution in [3.05, 3.63) is 59.2 Å². The molecule has 2 aliphatic rings. The lowest BCUT2D eigenvalue weighted by atomic mass is 9.73. The van der Waals surface area contributed by atoms with Crippen LogP contribution < -0.4 is 10.2 Å². The van der Waals surface area contributed by atoms with E-state index in [-0.39, 0.29) is 5.91 Å². The highest BCUT2D eigenvalue weighted by atomic mass is 16.2. The molecule has 0 saturated carbocycles. The third kappa shape index (κ3) is 4.18. The lowest BCUT2D eigenvalue weighted by Crippen LogP contribution is -2.49. The fourth-order valence-corrected chi connectivity index (χ4v) is 5.52. The first-order valence-electron chi connectivity index (χ1n) is 12.2. The lowest BCUT2D eigenvalue weighted by molar-refractivity contribution is -0.126. The van der Waals surface area contributed by atoms with Gasteiger partial charge in [-0.1, -0.05) is 19.1 Å². The Morgan fingerprint density at radius 2 is 2.03 bits per heavy atom. The van der Waals surface area contributed by atoms with E-state index < -0.39 is 0 Å². The van der Waals surface area contributed by atoms with Gasteiger partial charge in [0.15, 0.2) is 0 Å². The highest BCUT2D eigenvalue weighted by Gasteiger charge is 2.33. The van der Waals surface area contributed by atoms with Crippen molar-refractivity contribution in [2.45, 2.75) is 32.6 Å². The number of carbonyl (C=O) groups excluding carboxylic acids is 1. The summed E-state index contributed by atoms with van der Waals surface area (Å²) in [6, 6.07) is 4.31. The molecule has 0 radical (unpaired) electrons. The summed E-state index contributed by atoms with van der Waals surface area (Å²) in [4.78, 5) is 26.1. The minimum absolute atomic E-state index is 0.0832. The van der Waals surface area contributed by atoms with Crippen molar-refractivity contribution < 1.29 is 4.79 Å². The number of fused-ring (bicyclic) bond motifs is 2. The standard InChI is InChI=1S/C26H33N7O/c1-17-6-7-22-21(15-30-31-22)25(17)19-14-23-20(13-18(19)2)26(29-16-28-23)33-11-9-32(10-12-33)24(34)5-4-8-27-3/h4-7,15-16,18-19,27H,8-14H2,1-3H3,(H,30,31)/b5-4+/t18-,19?/m0/s1. The van der Waals surface area contributed by atoms with E-state index in [1.807, 2.05) is 24.2 Å². The van der Waals surface area contributed by atoms with E-state index in [1.54, 1.807) is 12.4 Å². The van der Waals surface area contributed by atoms with Crippen molar-refractivity contribution in [3.63, 3.8) is 0 Å². The van der Waals surface area contributed by atoms with Gasteiger partial charge in [-0.05, 0) is 55.8 Å². The predicted molar refractivity (Wildman–Crippen MR) is 134 cm³/mol. The van der Waals surface area contributed by atoms with Crippen LogP contribution in [0, 0.1) is 12.8 Å².